The molecule has 0 aliphatic heterocycles. The number of hydrogen-bond donors (Lipinski definition) is 2. The fraction of sp³-hybridized carbons (Fsp3) is 0.200. The number of benzene rings is 2. The van der Waals surface area contributed by atoms with E-state index in [1.807, 2.05) is 0 Å². The van der Waals surface area contributed by atoms with Crippen molar-refractivity contribution in [3.63, 3.8) is 0 Å². The van der Waals surface area contributed by atoms with E-state index in [9.17, 15) is 18.4 Å². The Kier molecular flexibility index (Phi) is 6.62. The maximum atomic E-state index is 13.3. The van der Waals surface area contributed by atoms with Crippen LogP contribution >= 0.6 is 11.6 Å². The molecule has 0 radical (unpaired) electrons. The summed E-state index contributed by atoms with van der Waals surface area (Å²) in [6, 6.07) is 15.3. The highest BCUT2D eigenvalue weighted by Gasteiger charge is 2.48. The largest absolute Gasteiger partial charge is 0.436 e. The van der Waals surface area contributed by atoms with E-state index >= 15 is 0 Å². The lowest BCUT2D eigenvalue weighted by atomic mass is 9.81. The summed E-state index contributed by atoms with van der Waals surface area (Å²) in [7, 11) is 0. The molecule has 2 heterocycles. The molecule has 0 unspecified atom stereocenters. The summed E-state index contributed by atoms with van der Waals surface area (Å²) in [5.74, 6) is -3.30. The minimum atomic E-state index is -2.85. The van der Waals surface area contributed by atoms with E-state index in [0.717, 1.165) is 5.56 Å². The number of ether oxygens (including phenoxy) is 1. The molecule has 0 atom stereocenters. The molecule has 4 aromatic rings. The van der Waals surface area contributed by atoms with Gasteiger partial charge in [0.05, 0.1) is 12.7 Å². The number of nitrogens with zero attached hydrogens (tertiary/aromatic N) is 3. The van der Waals surface area contributed by atoms with Crippen molar-refractivity contribution in [1.29, 1.82) is 0 Å². The van der Waals surface area contributed by atoms with Gasteiger partial charge in [-0.1, -0.05) is 23.7 Å². The van der Waals surface area contributed by atoms with Crippen LogP contribution < -0.4 is 20.9 Å². The predicted molar refractivity (Wildman–Crippen MR) is 132 cm³/mol. The second-order valence-corrected chi connectivity index (χ2v) is 8.99. The molecule has 1 aliphatic carbocycles. The summed E-state index contributed by atoms with van der Waals surface area (Å²) < 4.78 is 38.0. The van der Waals surface area contributed by atoms with Crippen LogP contribution in [0.1, 0.15) is 18.4 Å². The minimum Gasteiger partial charge on any atom is -0.436 e. The van der Waals surface area contributed by atoms with Gasteiger partial charge in [-0.3, -0.25) is 14.2 Å². The number of amides is 1. The Bertz CT molecular complexity index is 1450. The van der Waals surface area contributed by atoms with Gasteiger partial charge in [0, 0.05) is 35.5 Å². The first kappa shape index (κ1) is 24.4. The van der Waals surface area contributed by atoms with Gasteiger partial charge in [0.1, 0.15) is 17.7 Å². The molecule has 5 rings (SSSR count). The highest BCUT2D eigenvalue weighted by molar-refractivity contribution is 6.30. The van der Waals surface area contributed by atoms with Crippen LogP contribution in [0.15, 0.2) is 76.4 Å². The van der Waals surface area contributed by atoms with Crippen molar-refractivity contribution in [2.24, 2.45) is 5.92 Å². The average Bonchev–Trinajstić information content (AvgIpc) is 3.37. The molecule has 1 amide bonds. The first-order chi connectivity index (χ1) is 17.8. The van der Waals surface area contributed by atoms with Crippen molar-refractivity contribution in [2.45, 2.75) is 25.3 Å². The molecule has 0 bridgehead atoms. The molecule has 2 N–H and O–H groups in total. The lowest BCUT2D eigenvalue weighted by molar-refractivity contribution is -0.145. The molecule has 2 aromatic carbocycles. The summed E-state index contributed by atoms with van der Waals surface area (Å²) in [6.07, 6.45) is 1.52. The Balaban J connectivity index is 1.39. The van der Waals surface area contributed by atoms with Crippen LogP contribution in [0, 0.1) is 5.92 Å². The Hall–Kier alpha value is -4.25. The third-order valence-corrected chi connectivity index (χ3v) is 6.02. The Morgan fingerprint density at radius 2 is 1.86 bits per heavy atom. The van der Waals surface area contributed by atoms with Gasteiger partial charge in [-0.05, 0) is 47.1 Å². The Morgan fingerprint density at radius 3 is 2.51 bits per heavy atom. The number of anilines is 3. The number of carbonyl (C=O) groups is 1. The molecule has 190 valence electrons. The van der Waals surface area contributed by atoms with E-state index in [2.05, 4.69) is 20.8 Å². The molecule has 1 aliphatic rings. The quantitative estimate of drug-likeness (QED) is 0.313. The number of rotatable bonds is 8. The smallest absolute Gasteiger partial charge is 0.279 e. The summed E-state index contributed by atoms with van der Waals surface area (Å²) in [5.41, 5.74) is 0.724. The molecule has 37 heavy (non-hydrogen) atoms. The van der Waals surface area contributed by atoms with Gasteiger partial charge < -0.3 is 19.9 Å². The van der Waals surface area contributed by atoms with Crippen LogP contribution in [0.3, 0.4) is 0 Å². The maximum Gasteiger partial charge on any atom is 0.279 e. The zero-order valence-electron chi connectivity index (χ0n) is 19.2. The van der Waals surface area contributed by atoms with Gasteiger partial charge in [-0.2, -0.15) is 0 Å². The number of carbonyl (C=O) groups excluding carboxylic acids is 1. The molecular weight excluding hydrogens is 508 g/mol. The molecular formula is C25H20ClF2N5O4. The number of alkyl halides is 2. The monoisotopic (exact) mass is 527 g/mol. The average molecular weight is 528 g/mol. The molecule has 12 heteroatoms. The van der Waals surface area contributed by atoms with Gasteiger partial charge in [0.15, 0.2) is 0 Å². The molecule has 2 aromatic heterocycles. The standard InChI is InChI=1S/C25H20ClF2N5O4/c26-17-3-1-15(2-4-17)14-33-23(35)20(31-22(34)16-11-25(27,28)12-16)13-29-24(33)30-18-5-7-19(8-6-18)37-21-9-10-36-32-21/h1-10,13,16H,11-12,14H2,(H,29,30)(H,31,34). The Morgan fingerprint density at radius 1 is 1.14 bits per heavy atom. The first-order valence-corrected chi connectivity index (χ1v) is 11.6. The summed E-state index contributed by atoms with van der Waals surface area (Å²) in [6.45, 7) is 0.115. The fourth-order valence-electron chi connectivity index (χ4n) is 3.79. The van der Waals surface area contributed by atoms with Crippen LogP contribution in [-0.4, -0.2) is 26.5 Å². The van der Waals surface area contributed by atoms with Crippen molar-refractivity contribution in [3.8, 4) is 11.6 Å². The van der Waals surface area contributed by atoms with Gasteiger partial charge in [-0.15, -0.1) is 0 Å². The zero-order valence-corrected chi connectivity index (χ0v) is 19.9. The van der Waals surface area contributed by atoms with Gasteiger partial charge in [0.2, 0.25) is 17.8 Å². The summed E-state index contributed by atoms with van der Waals surface area (Å²) in [4.78, 5) is 30.0. The topological polar surface area (TPSA) is 111 Å². The van der Waals surface area contributed by atoms with Crippen LogP contribution in [0.4, 0.5) is 26.1 Å². The lowest BCUT2D eigenvalue weighted by Crippen LogP contribution is -2.43. The van der Waals surface area contributed by atoms with Crippen molar-refractivity contribution in [3.05, 3.63) is 88.0 Å². The lowest BCUT2D eigenvalue weighted by Gasteiger charge is -2.33. The molecule has 9 nitrogen and oxygen atoms in total. The van der Waals surface area contributed by atoms with Crippen LogP contribution in [-0.2, 0) is 11.3 Å². The number of nitrogens with one attached hydrogen (secondary N) is 2. The molecule has 0 spiro atoms. The van der Waals surface area contributed by atoms with Gasteiger partial charge in [0.25, 0.3) is 11.4 Å². The van der Waals surface area contributed by atoms with E-state index < -0.39 is 36.1 Å². The third kappa shape index (κ3) is 5.78. The summed E-state index contributed by atoms with van der Waals surface area (Å²) >= 11 is 5.98. The fourth-order valence-corrected chi connectivity index (χ4v) is 3.91. The Labute approximate surface area is 214 Å². The van der Waals surface area contributed by atoms with Crippen molar-refractivity contribution >= 4 is 34.8 Å². The van der Waals surface area contributed by atoms with E-state index in [0.29, 0.717) is 22.3 Å². The van der Waals surface area contributed by atoms with Crippen LogP contribution in [0.25, 0.3) is 0 Å². The second kappa shape index (κ2) is 10.0. The minimum absolute atomic E-state index is 0.101. The van der Waals surface area contributed by atoms with Crippen molar-refractivity contribution in [2.75, 3.05) is 10.6 Å². The van der Waals surface area contributed by atoms with Crippen LogP contribution in [0.2, 0.25) is 5.02 Å². The van der Waals surface area contributed by atoms with E-state index in [4.69, 9.17) is 20.9 Å². The number of halogens is 3. The SMILES string of the molecule is O=C(Nc1cnc(Nc2ccc(Oc3ccon3)cc2)n(Cc2ccc(Cl)cc2)c1=O)C1CC(F)(F)C1. The maximum absolute atomic E-state index is 13.3. The first-order valence-electron chi connectivity index (χ1n) is 11.2. The highest BCUT2D eigenvalue weighted by atomic mass is 35.5. The van der Waals surface area contributed by atoms with Gasteiger partial charge in [-0.25, -0.2) is 13.8 Å². The molecule has 1 saturated carbocycles. The summed E-state index contributed by atoms with van der Waals surface area (Å²) in [5, 5.41) is 9.78. The van der Waals surface area contributed by atoms with E-state index in [-0.39, 0.29) is 18.2 Å². The van der Waals surface area contributed by atoms with E-state index in [1.54, 1.807) is 54.6 Å². The predicted octanol–water partition coefficient (Wildman–Crippen LogP) is 5.45. The van der Waals surface area contributed by atoms with Crippen molar-refractivity contribution < 1.29 is 22.8 Å². The molecule has 1 fully saturated rings. The van der Waals surface area contributed by atoms with E-state index in [1.165, 1.54) is 17.0 Å². The van der Waals surface area contributed by atoms with Crippen molar-refractivity contribution in [1.82, 2.24) is 14.7 Å². The third-order valence-electron chi connectivity index (χ3n) is 5.77. The zero-order chi connectivity index (χ0) is 26.0. The molecule has 0 saturated heterocycles. The van der Waals surface area contributed by atoms with Crippen LogP contribution in [0.5, 0.6) is 11.6 Å². The number of aromatic nitrogens is 3. The number of hydrogen-bond acceptors (Lipinski definition) is 7. The highest BCUT2D eigenvalue weighted by Crippen LogP contribution is 2.42. The van der Waals surface area contributed by atoms with Gasteiger partial charge >= 0.3 is 0 Å². The second-order valence-electron chi connectivity index (χ2n) is 8.55. The normalized spacial score (nSPS) is 14.6.